The number of nitrogens with zero attached hydrogens (tertiary/aromatic N) is 1. The van der Waals surface area contributed by atoms with Gasteiger partial charge in [0.05, 0.1) is 0 Å². The second kappa shape index (κ2) is 8.16. The third-order valence-electron chi connectivity index (χ3n) is 4.74. The highest BCUT2D eigenvalue weighted by molar-refractivity contribution is 4.73. The lowest BCUT2D eigenvalue weighted by Gasteiger charge is -2.23. The van der Waals surface area contributed by atoms with Gasteiger partial charge in [-0.1, -0.05) is 32.1 Å². The van der Waals surface area contributed by atoms with Gasteiger partial charge in [0.15, 0.2) is 0 Å². The summed E-state index contributed by atoms with van der Waals surface area (Å²) < 4.78 is 0. The lowest BCUT2D eigenvalue weighted by Crippen LogP contribution is -2.38. The van der Waals surface area contributed by atoms with E-state index >= 15 is 0 Å². The Kier molecular flexibility index (Phi) is 6.50. The molecule has 1 unspecified atom stereocenters. The van der Waals surface area contributed by atoms with Gasteiger partial charge in [-0.2, -0.15) is 0 Å². The Morgan fingerprint density at radius 2 is 1.78 bits per heavy atom. The van der Waals surface area contributed by atoms with Crippen LogP contribution in [0.5, 0.6) is 0 Å². The average molecular weight is 252 g/mol. The van der Waals surface area contributed by atoms with E-state index in [-0.39, 0.29) is 0 Å². The first-order valence-electron chi connectivity index (χ1n) is 8.30. The molecule has 0 radical (unpaired) electrons. The topological polar surface area (TPSA) is 15.3 Å². The molecule has 0 amide bonds. The minimum Gasteiger partial charge on any atom is -0.313 e. The molecule has 106 valence electrons. The van der Waals surface area contributed by atoms with Gasteiger partial charge in [0.25, 0.3) is 0 Å². The first kappa shape index (κ1) is 14.3. The monoisotopic (exact) mass is 252 g/mol. The van der Waals surface area contributed by atoms with E-state index in [0.29, 0.717) is 6.04 Å². The summed E-state index contributed by atoms with van der Waals surface area (Å²) >= 11 is 0. The molecule has 2 aliphatic rings. The van der Waals surface area contributed by atoms with Gasteiger partial charge in [-0.15, -0.1) is 0 Å². The normalized spacial score (nSPS) is 24.5. The Morgan fingerprint density at radius 3 is 2.50 bits per heavy atom. The smallest absolute Gasteiger partial charge is 0.0166 e. The van der Waals surface area contributed by atoms with E-state index < -0.39 is 0 Å². The lowest BCUT2D eigenvalue weighted by molar-refractivity contribution is 0.292. The third kappa shape index (κ3) is 5.27. The second-order valence-corrected chi connectivity index (χ2v) is 6.51. The largest absolute Gasteiger partial charge is 0.313 e. The van der Waals surface area contributed by atoms with Gasteiger partial charge in [0.1, 0.15) is 0 Å². The fourth-order valence-electron chi connectivity index (χ4n) is 3.63. The predicted molar refractivity (Wildman–Crippen MR) is 78.9 cm³/mol. The van der Waals surface area contributed by atoms with Crippen molar-refractivity contribution in [1.29, 1.82) is 0 Å². The summed E-state index contributed by atoms with van der Waals surface area (Å²) in [6, 6.07) is 0.675. The number of nitrogens with one attached hydrogen (secondary N) is 1. The minimum atomic E-state index is 0.675. The molecule has 1 N–H and O–H groups in total. The van der Waals surface area contributed by atoms with E-state index in [1.54, 1.807) is 0 Å². The van der Waals surface area contributed by atoms with Crippen molar-refractivity contribution in [3.63, 3.8) is 0 Å². The van der Waals surface area contributed by atoms with Crippen LogP contribution in [0.25, 0.3) is 0 Å². The summed E-state index contributed by atoms with van der Waals surface area (Å²) in [6.07, 6.45) is 13.1. The van der Waals surface area contributed by atoms with Crippen LogP contribution in [0.2, 0.25) is 0 Å². The molecular formula is C16H32N2. The van der Waals surface area contributed by atoms with Crippen LogP contribution in [0.4, 0.5) is 0 Å². The zero-order valence-electron chi connectivity index (χ0n) is 12.3. The minimum absolute atomic E-state index is 0.675. The van der Waals surface area contributed by atoms with Crippen LogP contribution in [0.3, 0.4) is 0 Å². The Bertz CT molecular complexity index is 205. The van der Waals surface area contributed by atoms with E-state index in [2.05, 4.69) is 17.1 Å². The Hall–Kier alpha value is -0.0800. The summed E-state index contributed by atoms with van der Waals surface area (Å²) in [7, 11) is 0. The maximum absolute atomic E-state index is 3.71. The molecule has 1 heterocycles. The van der Waals surface area contributed by atoms with Crippen LogP contribution in [0, 0.1) is 5.92 Å². The highest BCUT2D eigenvalue weighted by atomic mass is 15.2. The summed E-state index contributed by atoms with van der Waals surface area (Å²) in [5, 5.41) is 3.71. The van der Waals surface area contributed by atoms with Crippen molar-refractivity contribution >= 4 is 0 Å². The number of rotatable bonds is 7. The van der Waals surface area contributed by atoms with Crippen molar-refractivity contribution in [2.45, 2.75) is 70.8 Å². The Labute approximate surface area is 114 Å². The average Bonchev–Trinajstić information content (AvgIpc) is 2.89. The summed E-state index contributed by atoms with van der Waals surface area (Å²) in [5.41, 5.74) is 0. The SMILES string of the molecule is CC(CN1CCCC1)NCCCC1CCCCC1. The van der Waals surface area contributed by atoms with Crippen LogP contribution in [0.15, 0.2) is 0 Å². The molecular weight excluding hydrogens is 220 g/mol. The number of likely N-dealkylation sites (tertiary alicyclic amines) is 1. The number of hydrogen-bond donors (Lipinski definition) is 1. The molecule has 2 nitrogen and oxygen atoms in total. The van der Waals surface area contributed by atoms with E-state index in [1.165, 1.54) is 84.0 Å². The first-order chi connectivity index (χ1) is 8.84. The molecule has 0 bridgehead atoms. The molecule has 0 spiro atoms. The Morgan fingerprint density at radius 1 is 1.06 bits per heavy atom. The van der Waals surface area contributed by atoms with Gasteiger partial charge in [-0.05, 0) is 58.2 Å². The van der Waals surface area contributed by atoms with E-state index in [1.807, 2.05) is 0 Å². The molecule has 1 aliphatic heterocycles. The number of hydrogen-bond acceptors (Lipinski definition) is 2. The van der Waals surface area contributed by atoms with Gasteiger partial charge in [-0.3, -0.25) is 0 Å². The van der Waals surface area contributed by atoms with Crippen molar-refractivity contribution in [2.75, 3.05) is 26.2 Å². The van der Waals surface area contributed by atoms with Gasteiger partial charge in [-0.25, -0.2) is 0 Å². The van der Waals surface area contributed by atoms with Crippen LogP contribution >= 0.6 is 0 Å². The summed E-state index contributed by atoms with van der Waals surface area (Å²) in [4.78, 5) is 2.61. The fraction of sp³-hybridized carbons (Fsp3) is 1.00. The molecule has 1 saturated heterocycles. The van der Waals surface area contributed by atoms with Gasteiger partial charge < -0.3 is 10.2 Å². The van der Waals surface area contributed by atoms with Crippen LogP contribution in [-0.4, -0.2) is 37.1 Å². The molecule has 2 fully saturated rings. The molecule has 2 rings (SSSR count). The zero-order valence-corrected chi connectivity index (χ0v) is 12.3. The maximum Gasteiger partial charge on any atom is 0.0166 e. The summed E-state index contributed by atoms with van der Waals surface area (Å²) in [5.74, 6) is 1.05. The van der Waals surface area contributed by atoms with Crippen LogP contribution in [-0.2, 0) is 0 Å². The van der Waals surface area contributed by atoms with Crippen LogP contribution < -0.4 is 5.32 Å². The van der Waals surface area contributed by atoms with E-state index in [4.69, 9.17) is 0 Å². The maximum atomic E-state index is 3.71. The molecule has 18 heavy (non-hydrogen) atoms. The van der Waals surface area contributed by atoms with Gasteiger partial charge in [0.2, 0.25) is 0 Å². The van der Waals surface area contributed by atoms with Crippen molar-refractivity contribution in [3.8, 4) is 0 Å². The van der Waals surface area contributed by atoms with Crippen molar-refractivity contribution in [1.82, 2.24) is 10.2 Å². The molecule has 0 aromatic heterocycles. The standard InChI is InChI=1S/C16H32N2/c1-15(14-18-12-5-6-13-18)17-11-7-10-16-8-3-2-4-9-16/h15-17H,2-14H2,1H3. The van der Waals surface area contributed by atoms with E-state index in [9.17, 15) is 0 Å². The second-order valence-electron chi connectivity index (χ2n) is 6.51. The van der Waals surface area contributed by atoms with Crippen molar-refractivity contribution < 1.29 is 0 Å². The van der Waals surface area contributed by atoms with Gasteiger partial charge >= 0.3 is 0 Å². The molecule has 1 saturated carbocycles. The summed E-state index contributed by atoms with van der Waals surface area (Å²) in [6.45, 7) is 7.48. The first-order valence-corrected chi connectivity index (χ1v) is 8.30. The molecule has 1 aliphatic carbocycles. The van der Waals surface area contributed by atoms with Crippen LogP contribution in [0.1, 0.15) is 64.7 Å². The van der Waals surface area contributed by atoms with Crippen molar-refractivity contribution in [3.05, 3.63) is 0 Å². The highest BCUT2D eigenvalue weighted by Gasteiger charge is 2.15. The third-order valence-corrected chi connectivity index (χ3v) is 4.74. The fourth-order valence-corrected chi connectivity index (χ4v) is 3.63. The molecule has 2 heteroatoms. The van der Waals surface area contributed by atoms with E-state index in [0.717, 1.165) is 5.92 Å². The lowest BCUT2D eigenvalue weighted by atomic mass is 9.86. The quantitative estimate of drug-likeness (QED) is 0.698. The molecule has 1 atom stereocenters. The molecule has 0 aromatic rings. The molecule has 0 aromatic carbocycles. The van der Waals surface area contributed by atoms with Crippen molar-refractivity contribution in [2.24, 2.45) is 5.92 Å². The predicted octanol–water partition coefficient (Wildman–Crippen LogP) is 3.42. The zero-order chi connectivity index (χ0) is 12.6. The van der Waals surface area contributed by atoms with Gasteiger partial charge in [0, 0.05) is 12.6 Å². The highest BCUT2D eigenvalue weighted by Crippen LogP contribution is 2.26. The Balaban J connectivity index is 1.46.